The Kier molecular flexibility index (Phi) is 7.44. The van der Waals surface area contributed by atoms with Crippen LogP contribution < -0.4 is 5.32 Å². The molecule has 0 aliphatic carbocycles. The van der Waals surface area contributed by atoms with Gasteiger partial charge in [-0.15, -0.1) is 0 Å². The van der Waals surface area contributed by atoms with E-state index in [0.717, 1.165) is 25.7 Å². The Hall–Kier alpha value is -2.03. The summed E-state index contributed by atoms with van der Waals surface area (Å²) in [7, 11) is -4.61. The first-order valence-electron chi connectivity index (χ1n) is 10.2. The highest BCUT2D eigenvalue weighted by Crippen LogP contribution is 2.22. The standard InChI is InChI=1S/C22H28N2O4S2/c1-17(2)29(26)20-11-7-18(8-12-20)22(25)23-19-9-13-21(14-10-19)30(27,28)24-15-5-3-4-6-16-24/h7-14,17H,3-6,15-16H2,1-2H3,(H,23,25)/t29-/m0/s1. The average Bonchev–Trinajstić information content (AvgIpc) is 3.04. The molecule has 0 saturated carbocycles. The van der Waals surface area contributed by atoms with Gasteiger partial charge in [0.05, 0.1) is 15.7 Å². The molecule has 1 fully saturated rings. The molecule has 0 radical (unpaired) electrons. The van der Waals surface area contributed by atoms with Crippen LogP contribution in [0.15, 0.2) is 58.3 Å². The van der Waals surface area contributed by atoms with Crippen molar-refractivity contribution in [3.63, 3.8) is 0 Å². The zero-order valence-electron chi connectivity index (χ0n) is 17.3. The summed E-state index contributed by atoms with van der Waals surface area (Å²) in [5, 5.41) is 2.78. The van der Waals surface area contributed by atoms with E-state index in [-0.39, 0.29) is 16.1 Å². The van der Waals surface area contributed by atoms with Crippen LogP contribution in [0.1, 0.15) is 49.9 Å². The highest BCUT2D eigenvalue weighted by Gasteiger charge is 2.25. The molecule has 0 aromatic heterocycles. The number of carbonyl (C=O) groups is 1. The fourth-order valence-corrected chi connectivity index (χ4v) is 5.82. The molecular weight excluding hydrogens is 420 g/mol. The number of carbonyl (C=O) groups excluding carboxylic acids is 1. The van der Waals surface area contributed by atoms with Gasteiger partial charge in [-0.05, 0) is 61.4 Å². The fraction of sp³-hybridized carbons (Fsp3) is 0.409. The average molecular weight is 449 g/mol. The third-order valence-corrected chi connectivity index (χ3v) is 8.60. The SMILES string of the molecule is CC(C)[S@](=O)c1ccc(C(=O)Nc2ccc(S(=O)(=O)N3CCCCCC3)cc2)cc1. The molecule has 8 heteroatoms. The molecule has 2 aromatic rings. The van der Waals surface area contributed by atoms with Gasteiger partial charge in [-0.1, -0.05) is 26.7 Å². The summed E-state index contributed by atoms with van der Waals surface area (Å²) in [4.78, 5) is 13.4. The number of anilines is 1. The molecule has 2 aromatic carbocycles. The lowest BCUT2D eigenvalue weighted by Crippen LogP contribution is -2.31. The number of amides is 1. The molecule has 30 heavy (non-hydrogen) atoms. The third kappa shape index (κ3) is 5.36. The van der Waals surface area contributed by atoms with Gasteiger partial charge in [0.25, 0.3) is 5.91 Å². The molecule has 1 heterocycles. The maximum absolute atomic E-state index is 12.8. The van der Waals surface area contributed by atoms with Crippen LogP contribution in [-0.2, 0) is 20.8 Å². The van der Waals surface area contributed by atoms with Crippen molar-refractivity contribution in [2.24, 2.45) is 0 Å². The van der Waals surface area contributed by atoms with E-state index in [1.165, 1.54) is 12.1 Å². The van der Waals surface area contributed by atoms with Gasteiger partial charge >= 0.3 is 0 Å². The molecule has 1 aliphatic rings. The topological polar surface area (TPSA) is 83.5 Å². The van der Waals surface area contributed by atoms with Crippen LogP contribution in [-0.4, -0.2) is 41.2 Å². The summed E-state index contributed by atoms with van der Waals surface area (Å²) in [6.45, 7) is 4.87. The number of hydrogen-bond acceptors (Lipinski definition) is 4. The van der Waals surface area contributed by atoms with Gasteiger partial charge < -0.3 is 5.32 Å². The van der Waals surface area contributed by atoms with Gasteiger partial charge in [0.15, 0.2) is 0 Å². The lowest BCUT2D eigenvalue weighted by Gasteiger charge is -2.20. The number of sulfonamides is 1. The van der Waals surface area contributed by atoms with Crippen LogP contribution >= 0.6 is 0 Å². The van der Waals surface area contributed by atoms with Crippen molar-refractivity contribution in [1.29, 1.82) is 0 Å². The molecule has 3 rings (SSSR count). The monoisotopic (exact) mass is 448 g/mol. The Balaban J connectivity index is 1.68. The Labute approximate surface area is 181 Å². The van der Waals surface area contributed by atoms with Crippen LogP contribution in [0.25, 0.3) is 0 Å². The third-order valence-electron chi connectivity index (χ3n) is 5.09. The molecule has 1 saturated heterocycles. The van der Waals surface area contributed by atoms with Crippen molar-refractivity contribution < 1.29 is 17.4 Å². The number of rotatable bonds is 6. The molecule has 1 aliphatic heterocycles. The Bertz CT molecular complexity index is 992. The molecular formula is C22H28N2O4S2. The van der Waals surface area contributed by atoms with Crippen LogP contribution in [0.5, 0.6) is 0 Å². The van der Waals surface area contributed by atoms with Crippen molar-refractivity contribution >= 4 is 32.4 Å². The van der Waals surface area contributed by atoms with E-state index in [1.807, 2.05) is 13.8 Å². The lowest BCUT2D eigenvalue weighted by molar-refractivity contribution is 0.102. The summed E-state index contributed by atoms with van der Waals surface area (Å²) in [6.07, 6.45) is 3.89. The first kappa shape index (κ1) is 22.7. The van der Waals surface area contributed by atoms with E-state index in [9.17, 15) is 17.4 Å². The molecule has 6 nitrogen and oxygen atoms in total. The van der Waals surface area contributed by atoms with E-state index >= 15 is 0 Å². The summed E-state index contributed by atoms with van der Waals surface area (Å²) in [5.41, 5.74) is 0.963. The number of nitrogens with zero attached hydrogens (tertiary/aromatic N) is 1. The second kappa shape index (κ2) is 9.85. The van der Waals surface area contributed by atoms with E-state index in [2.05, 4.69) is 5.32 Å². The van der Waals surface area contributed by atoms with Gasteiger partial charge in [0.1, 0.15) is 0 Å². The van der Waals surface area contributed by atoms with Crippen molar-refractivity contribution in [2.45, 2.75) is 54.6 Å². The van der Waals surface area contributed by atoms with Crippen LogP contribution in [0.3, 0.4) is 0 Å². The van der Waals surface area contributed by atoms with Gasteiger partial charge in [0, 0.05) is 34.5 Å². The maximum Gasteiger partial charge on any atom is 0.255 e. The van der Waals surface area contributed by atoms with Crippen LogP contribution in [0.4, 0.5) is 5.69 Å². The van der Waals surface area contributed by atoms with Crippen LogP contribution in [0.2, 0.25) is 0 Å². The van der Waals surface area contributed by atoms with Gasteiger partial charge in [-0.3, -0.25) is 9.00 Å². The second-order valence-electron chi connectivity index (χ2n) is 7.67. The Morgan fingerprint density at radius 1 is 0.933 bits per heavy atom. The van der Waals surface area contributed by atoms with Crippen molar-refractivity contribution in [3.8, 4) is 0 Å². The first-order valence-corrected chi connectivity index (χ1v) is 12.9. The summed E-state index contributed by atoms with van der Waals surface area (Å²) in [6, 6.07) is 12.9. The van der Waals surface area contributed by atoms with Crippen LogP contribution in [0, 0.1) is 0 Å². The first-order chi connectivity index (χ1) is 14.3. The lowest BCUT2D eigenvalue weighted by atomic mass is 10.2. The summed E-state index contributed by atoms with van der Waals surface area (Å²) in [5.74, 6) is -0.306. The molecule has 1 amide bonds. The number of hydrogen-bond donors (Lipinski definition) is 1. The van der Waals surface area contributed by atoms with E-state index in [0.29, 0.717) is 29.2 Å². The van der Waals surface area contributed by atoms with Gasteiger partial charge in [0.2, 0.25) is 10.0 Å². The second-order valence-corrected chi connectivity index (χ2v) is 11.6. The minimum atomic E-state index is -3.51. The molecule has 0 unspecified atom stereocenters. The fourth-order valence-electron chi connectivity index (χ4n) is 3.36. The zero-order chi connectivity index (χ0) is 21.7. The van der Waals surface area contributed by atoms with E-state index in [1.54, 1.807) is 40.7 Å². The highest BCUT2D eigenvalue weighted by molar-refractivity contribution is 7.89. The quantitative estimate of drug-likeness (QED) is 0.723. The molecule has 0 spiro atoms. The van der Waals surface area contributed by atoms with E-state index in [4.69, 9.17) is 0 Å². The van der Waals surface area contributed by atoms with Crippen molar-refractivity contribution in [2.75, 3.05) is 18.4 Å². The van der Waals surface area contributed by atoms with Gasteiger partial charge in [-0.25, -0.2) is 8.42 Å². The highest BCUT2D eigenvalue weighted by atomic mass is 32.2. The van der Waals surface area contributed by atoms with E-state index < -0.39 is 20.8 Å². The number of benzene rings is 2. The predicted octanol–water partition coefficient (Wildman–Crippen LogP) is 4.02. The Morgan fingerprint density at radius 2 is 1.50 bits per heavy atom. The predicted molar refractivity (Wildman–Crippen MR) is 120 cm³/mol. The molecule has 0 bridgehead atoms. The molecule has 1 atom stereocenters. The largest absolute Gasteiger partial charge is 0.322 e. The minimum absolute atomic E-state index is 0.00813. The van der Waals surface area contributed by atoms with Crippen molar-refractivity contribution in [3.05, 3.63) is 54.1 Å². The summed E-state index contributed by atoms with van der Waals surface area (Å²) < 4.78 is 39.4. The smallest absolute Gasteiger partial charge is 0.255 e. The molecule has 162 valence electrons. The summed E-state index contributed by atoms with van der Waals surface area (Å²) >= 11 is 0. The minimum Gasteiger partial charge on any atom is -0.322 e. The molecule has 1 N–H and O–H groups in total. The maximum atomic E-state index is 12.8. The number of nitrogens with one attached hydrogen (secondary N) is 1. The zero-order valence-corrected chi connectivity index (χ0v) is 19.0. The van der Waals surface area contributed by atoms with Gasteiger partial charge in [-0.2, -0.15) is 4.31 Å². The van der Waals surface area contributed by atoms with Crippen molar-refractivity contribution in [1.82, 2.24) is 4.31 Å². The Morgan fingerprint density at radius 3 is 2.03 bits per heavy atom. The normalized spacial score (nSPS) is 16.8.